The largest absolute Gasteiger partial charge is 0.345 e. The summed E-state index contributed by atoms with van der Waals surface area (Å²) in [5.74, 6) is -2.12. The average Bonchev–Trinajstić information content (AvgIpc) is 2.85. The van der Waals surface area contributed by atoms with Gasteiger partial charge in [-0.3, -0.25) is 14.4 Å². The monoisotopic (exact) mass is 571 g/mol. The van der Waals surface area contributed by atoms with Gasteiger partial charge in [-0.1, -0.05) is 79.2 Å². The number of hydrogen-bond acceptors (Lipinski definition) is 4. The molecule has 0 aliphatic heterocycles. The van der Waals surface area contributed by atoms with Crippen molar-refractivity contribution in [3.05, 3.63) is 70.2 Å². The molecule has 0 spiro atoms. The number of amides is 4. The van der Waals surface area contributed by atoms with Crippen molar-refractivity contribution in [2.45, 2.75) is 57.9 Å². The molecule has 2 atom stereocenters. The molecule has 0 saturated heterocycles. The van der Waals surface area contributed by atoms with E-state index in [2.05, 4.69) is 47.4 Å². The van der Waals surface area contributed by atoms with Gasteiger partial charge in [-0.25, -0.2) is 4.79 Å². The second-order valence-electron chi connectivity index (χ2n) is 8.90. The van der Waals surface area contributed by atoms with Crippen molar-refractivity contribution in [1.82, 2.24) is 21.3 Å². The van der Waals surface area contributed by atoms with Gasteiger partial charge in [-0.15, -0.1) is 0 Å². The summed E-state index contributed by atoms with van der Waals surface area (Å²) < 4.78 is 0.907. The summed E-state index contributed by atoms with van der Waals surface area (Å²) in [6, 6.07) is 15.1. The Bertz CT molecular complexity index is 1050. The van der Waals surface area contributed by atoms with E-state index in [1.807, 2.05) is 68.4 Å². The SMILES string of the molecule is CCC(NC(=O)[C@@]([Si])(CC(C)C)NC(=O)NCc1ccccc1)C(=O)C(=O)NCc1ccc(Br)cc1. The van der Waals surface area contributed by atoms with Gasteiger partial charge in [0.1, 0.15) is 5.16 Å². The van der Waals surface area contributed by atoms with E-state index in [9.17, 15) is 19.2 Å². The molecule has 0 bridgehead atoms. The minimum atomic E-state index is -1.48. The molecule has 0 aliphatic rings. The predicted octanol–water partition coefficient (Wildman–Crippen LogP) is 2.94. The highest BCUT2D eigenvalue weighted by atomic mass is 79.9. The number of halogens is 1. The maximum absolute atomic E-state index is 13.2. The van der Waals surface area contributed by atoms with E-state index in [1.54, 1.807) is 6.92 Å². The lowest BCUT2D eigenvalue weighted by atomic mass is 10.0. The van der Waals surface area contributed by atoms with E-state index in [0.717, 1.165) is 15.6 Å². The highest BCUT2D eigenvalue weighted by molar-refractivity contribution is 9.10. The lowest BCUT2D eigenvalue weighted by Crippen LogP contribution is -2.64. The highest BCUT2D eigenvalue weighted by Crippen LogP contribution is 2.15. The smallest absolute Gasteiger partial charge is 0.315 e. The molecular formula is C26H32BrN4O4Si. The number of ketones is 1. The number of hydrogen-bond donors (Lipinski definition) is 4. The van der Waals surface area contributed by atoms with Crippen molar-refractivity contribution in [3.63, 3.8) is 0 Å². The molecule has 3 radical (unpaired) electrons. The molecule has 0 aromatic heterocycles. The van der Waals surface area contributed by atoms with Crippen LogP contribution in [-0.4, -0.2) is 45.1 Å². The van der Waals surface area contributed by atoms with Gasteiger partial charge in [0.15, 0.2) is 0 Å². The van der Waals surface area contributed by atoms with Crippen LogP contribution >= 0.6 is 15.9 Å². The van der Waals surface area contributed by atoms with Crippen LogP contribution in [0.15, 0.2) is 59.1 Å². The Morgan fingerprint density at radius 2 is 1.50 bits per heavy atom. The number of benzene rings is 2. The van der Waals surface area contributed by atoms with Crippen LogP contribution in [0.2, 0.25) is 0 Å². The molecule has 10 heteroatoms. The molecular weight excluding hydrogens is 540 g/mol. The molecule has 8 nitrogen and oxygen atoms in total. The summed E-state index contributed by atoms with van der Waals surface area (Å²) in [7, 11) is 3.46. The van der Waals surface area contributed by atoms with E-state index in [1.165, 1.54) is 0 Å². The Hall–Kier alpha value is -2.98. The van der Waals surface area contributed by atoms with Crippen molar-refractivity contribution in [2.24, 2.45) is 5.92 Å². The number of carbonyl (C=O) groups is 4. The Morgan fingerprint density at radius 3 is 2.08 bits per heavy atom. The second-order valence-corrected chi connectivity index (χ2v) is 10.7. The van der Waals surface area contributed by atoms with Crippen molar-refractivity contribution < 1.29 is 19.2 Å². The van der Waals surface area contributed by atoms with Crippen LogP contribution in [0.3, 0.4) is 0 Å². The summed E-state index contributed by atoms with van der Waals surface area (Å²) in [6.45, 7) is 5.98. The summed E-state index contributed by atoms with van der Waals surface area (Å²) in [6.07, 6.45) is 0.468. The quantitative estimate of drug-likeness (QED) is 0.231. The van der Waals surface area contributed by atoms with Gasteiger partial charge in [0.2, 0.25) is 11.7 Å². The van der Waals surface area contributed by atoms with Gasteiger partial charge in [-0.05, 0) is 42.0 Å². The number of carbonyl (C=O) groups excluding carboxylic acids is 4. The van der Waals surface area contributed by atoms with Crippen LogP contribution < -0.4 is 21.3 Å². The molecule has 1 unspecified atom stereocenters. The number of rotatable bonds is 12. The van der Waals surface area contributed by atoms with E-state index in [-0.39, 0.29) is 31.8 Å². The Balaban J connectivity index is 2.01. The van der Waals surface area contributed by atoms with Crippen molar-refractivity contribution >= 4 is 49.8 Å². The van der Waals surface area contributed by atoms with Crippen molar-refractivity contribution in [2.75, 3.05) is 0 Å². The minimum Gasteiger partial charge on any atom is -0.345 e. The first-order valence-corrected chi connectivity index (χ1v) is 13.1. The lowest BCUT2D eigenvalue weighted by Gasteiger charge is -2.32. The Morgan fingerprint density at radius 1 is 0.917 bits per heavy atom. The van der Waals surface area contributed by atoms with E-state index >= 15 is 0 Å². The highest BCUT2D eigenvalue weighted by Gasteiger charge is 2.38. The van der Waals surface area contributed by atoms with Gasteiger partial charge in [-0.2, -0.15) is 0 Å². The van der Waals surface area contributed by atoms with Crippen molar-refractivity contribution in [3.8, 4) is 0 Å². The molecule has 36 heavy (non-hydrogen) atoms. The van der Waals surface area contributed by atoms with E-state index in [4.69, 9.17) is 0 Å². The molecule has 4 amide bonds. The maximum Gasteiger partial charge on any atom is 0.315 e. The molecule has 0 fully saturated rings. The number of nitrogens with one attached hydrogen (secondary N) is 4. The molecule has 2 aromatic carbocycles. The van der Waals surface area contributed by atoms with Gasteiger partial charge in [0.25, 0.3) is 5.91 Å². The molecule has 191 valence electrons. The summed E-state index contributed by atoms with van der Waals surface area (Å²) in [5, 5.41) is 9.16. The third kappa shape index (κ3) is 9.23. The van der Waals surface area contributed by atoms with Gasteiger partial charge in [0.05, 0.1) is 16.3 Å². The van der Waals surface area contributed by atoms with E-state index in [0.29, 0.717) is 0 Å². The van der Waals surface area contributed by atoms with Crippen LogP contribution in [-0.2, 0) is 27.5 Å². The standard InChI is InChI=1S/C26H32BrN4O4Si/c1-4-21(22(32)23(33)28-15-19-10-12-20(27)13-11-19)30-24(34)26(36,14-17(2)3)31-25(35)29-16-18-8-6-5-7-9-18/h5-13,17,21H,4,14-16H2,1-3H3,(H,28,33)(H,30,34)(H2,29,31,35)/t21?,26-/m0/s1. The van der Waals surface area contributed by atoms with Crippen LogP contribution in [0.5, 0.6) is 0 Å². The average molecular weight is 573 g/mol. The Kier molecular flexibility index (Phi) is 11.3. The third-order valence-electron chi connectivity index (χ3n) is 5.35. The second kappa shape index (κ2) is 13.9. The summed E-state index contributed by atoms with van der Waals surface area (Å²) >= 11 is 3.35. The lowest BCUT2D eigenvalue weighted by molar-refractivity contribution is -0.140. The molecule has 2 rings (SSSR count). The molecule has 0 aliphatic carbocycles. The normalized spacial score (nSPS) is 13.3. The zero-order chi connectivity index (χ0) is 26.7. The fraction of sp³-hybridized carbons (Fsp3) is 0.385. The first kappa shape index (κ1) is 29.2. The van der Waals surface area contributed by atoms with Crippen LogP contribution in [0.25, 0.3) is 0 Å². The molecule has 2 aromatic rings. The summed E-state index contributed by atoms with van der Waals surface area (Å²) in [4.78, 5) is 51.1. The van der Waals surface area contributed by atoms with Crippen LogP contribution in [0.4, 0.5) is 4.79 Å². The zero-order valence-electron chi connectivity index (χ0n) is 20.7. The fourth-order valence-corrected chi connectivity index (χ4v) is 4.35. The first-order valence-electron chi connectivity index (χ1n) is 11.8. The number of urea groups is 1. The van der Waals surface area contributed by atoms with Gasteiger partial charge in [0, 0.05) is 17.6 Å². The van der Waals surface area contributed by atoms with E-state index < -0.39 is 34.8 Å². The first-order chi connectivity index (χ1) is 17.0. The zero-order valence-corrected chi connectivity index (χ0v) is 23.3. The predicted molar refractivity (Wildman–Crippen MR) is 143 cm³/mol. The van der Waals surface area contributed by atoms with Crippen molar-refractivity contribution in [1.29, 1.82) is 0 Å². The Labute approximate surface area is 223 Å². The molecule has 0 heterocycles. The van der Waals surface area contributed by atoms with Crippen LogP contribution in [0, 0.1) is 5.92 Å². The topological polar surface area (TPSA) is 116 Å². The van der Waals surface area contributed by atoms with Crippen LogP contribution in [0.1, 0.15) is 44.7 Å². The summed E-state index contributed by atoms with van der Waals surface area (Å²) in [5.41, 5.74) is 1.74. The van der Waals surface area contributed by atoms with Gasteiger partial charge < -0.3 is 21.3 Å². The maximum atomic E-state index is 13.2. The third-order valence-corrected chi connectivity index (χ3v) is 6.43. The minimum absolute atomic E-state index is 0.0349. The molecule has 0 saturated carbocycles. The number of Topliss-reactive ketones (excluding diaryl/α,β-unsaturated/α-hetero) is 1. The molecule has 4 N–H and O–H groups in total. The van der Waals surface area contributed by atoms with Gasteiger partial charge >= 0.3 is 6.03 Å². The fourth-order valence-electron chi connectivity index (χ4n) is 3.49.